The largest absolute Gasteiger partial charge is 2.00 e. The van der Waals surface area contributed by atoms with E-state index < -0.39 is 0 Å². The smallest absolute Gasteiger partial charge is 0.436 e. The molecular formula is C35H30N8O2Ru. The number of fused-ring (bicyclic) bond motifs is 2. The second kappa shape index (κ2) is 18.4. The van der Waals surface area contributed by atoms with Gasteiger partial charge < -0.3 is 30.5 Å². The number of aliphatic hydroxyl groups is 1. The summed E-state index contributed by atoms with van der Waals surface area (Å²) in [6.07, 6.45) is 7.07. The number of benzene rings is 2. The van der Waals surface area contributed by atoms with E-state index in [1.807, 2.05) is 121 Å². The third-order valence-corrected chi connectivity index (χ3v) is 6.05. The van der Waals surface area contributed by atoms with Gasteiger partial charge in [-0.1, -0.05) is 84.4 Å². The molecule has 8 aromatic rings. The number of para-hydroxylation sites is 4. The van der Waals surface area contributed by atoms with E-state index in [1.54, 1.807) is 24.8 Å². The molecule has 230 valence electrons. The van der Waals surface area contributed by atoms with E-state index in [0.717, 1.165) is 52.0 Å². The van der Waals surface area contributed by atoms with Crippen LogP contribution >= 0.6 is 0 Å². The summed E-state index contributed by atoms with van der Waals surface area (Å²) in [5.41, 5.74) is 7.16. The third kappa shape index (κ3) is 9.26. The van der Waals surface area contributed by atoms with Crippen molar-refractivity contribution >= 4 is 22.1 Å². The fraction of sp³-hybridized carbons (Fsp3) is 0.0286. The SMILES string of the molecule is CO.O.[Ru+2].c1ccc(-c2ccccn2)nc1.c1ccc(-c2ccccn2)nc1.c1ccc2[n-]c(-c3nc4ccccc4[n-]3)nc2c1. The molecule has 10 nitrogen and oxygen atoms in total. The second-order valence-electron chi connectivity index (χ2n) is 8.93. The van der Waals surface area contributed by atoms with Crippen LogP contribution in [0, 0.1) is 0 Å². The predicted molar refractivity (Wildman–Crippen MR) is 176 cm³/mol. The minimum absolute atomic E-state index is 0. The minimum Gasteiger partial charge on any atom is -0.436 e. The molecule has 6 aromatic heterocycles. The zero-order chi connectivity index (χ0) is 30.4. The minimum atomic E-state index is 0. The first-order valence-corrected chi connectivity index (χ1v) is 13.7. The van der Waals surface area contributed by atoms with Crippen molar-refractivity contribution in [2.45, 2.75) is 0 Å². The molecule has 0 amide bonds. The van der Waals surface area contributed by atoms with E-state index in [-0.39, 0.29) is 25.0 Å². The van der Waals surface area contributed by atoms with Crippen molar-refractivity contribution in [2.24, 2.45) is 0 Å². The van der Waals surface area contributed by atoms with Gasteiger partial charge in [0.25, 0.3) is 0 Å². The summed E-state index contributed by atoms with van der Waals surface area (Å²) in [5.74, 6) is 1.18. The summed E-state index contributed by atoms with van der Waals surface area (Å²) in [5, 5.41) is 7.00. The number of pyridine rings is 4. The molecule has 0 aliphatic carbocycles. The summed E-state index contributed by atoms with van der Waals surface area (Å²) in [6.45, 7) is 0. The predicted octanol–water partition coefficient (Wildman–Crippen LogP) is 5.43. The Labute approximate surface area is 278 Å². The van der Waals surface area contributed by atoms with Crippen molar-refractivity contribution in [3.05, 3.63) is 146 Å². The van der Waals surface area contributed by atoms with Gasteiger partial charge in [-0.15, -0.1) is 0 Å². The Morgan fingerprint density at radius 2 is 0.696 bits per heavy atom. The van der Waals surface area contributed by atoms with Crippen LogP contribution in [-0.4, -0.2) is 47.6 Å². The first-order valence-electron chi connectivity index (χ1n) is 13.7. The van der Waals surface area contributed by atoms with Crippen molar-refractivity contribution in [3.8, 4) is 34.4 Å². The molecule has 0 atom stereocenters. The first-order chi connectivity index (χ1) is 21.8. The fourth-order valence-electron chi connectivity index (χ4n) is 4.07. The Hall–Kier alpha value is -5.48. The van der Waals surface area contributed by atoms with Crippen LogP contribution in [0.3, 0.4) is 0 Å². The van der Waals surface area contributed by atoms with E-state index in [0.29, 0.717) is 11.6 Å². The topological polar surface area (TPSA) is 157 Å². The average molecular weight is 696 g/mol. The zero-order valence-electron chi connectivity index (χ0n) is 24.7. The maximum atomic E-state index is 7.00. The van der Waals surface area contributed by atoms with Gasteiger partial charge in [0.1, 0.15) is 0 Å². The van der Waals surface area contributed by atoms with Gasteiger partial charge in [-0.25, -0.2) is 0 Å². The van der Waals surface area contributed by atoms with E-state index in [4.69, 9.17) is 5.11 Å². The molecule has 0 unspecified atom stereocenters. The van der Waals surface area contributed by atoms with Gasteiger partial charge >= 0.3 is 19.5 Å². The van der Waals surface area contributed by atoms with Gasteiger partial charge in [0.05, 0.1) is 22.8 Å². The van der Waals surface area contributed by atoms with Crippen LogP contribution < -0.4 is 9.97 Å². The van der Waals surface area contributed by atoms with Crippen molar-refractivity contribution in [2.75, 3.05) is 7.11 Å². The molecule has 0 saturated heterocycles. The average Bonchev–Trinajstić information content (AvgIpc) is 3.76. The van der Waals surface area contributed by atoms with Crippen molar-refractivity contribution in [1.82, 2.24) is 39.9 Å². The van der Waals surface area contributed by atoms with E-state index in [9.17, 15) is 0 Å². The number of nitrogens with zero attached hydrogens (tertiary/aromatic N) is 8. The van der Waals surface area contributed by atoms with Crippen LogP contribution in [0.15, 0.2) is 146 Å². The standard InChI is InChI=1S/C14H8N4.2C10H8N2.CH4O.H2O.Ru/c1-2-6-10-9(5-1)15-13(16-10)14-17-11-7-3-4-8-12(11)18-14;2*1-3-7-11-9(5-1)10-6-2-4-8-12-10;1-2;;/h1-8H;2*1-8H;2H,1H3;1H2;/q-2;;;;;+2. The normalized spacial score (nSPS) is 9.61. The maximum absolute atomic E-state index is 7.00. The summed E-state index contributed by atoms with van der Waals surface area (Å²) in [6, 6.07) is 38.7. The van der Waals surface area contributed by atoms with Gasteiger partial charge in [-0.05, 0) is 70.6 Å². The Kier molecular flexibility index (Phi) is 14.0. The number of rotatable bonds is 3. The molecule has 0 fully saturated rings. The summed E-state index contributed by atoms with van der Waals surface area (Å²) in [4.78, 5) is 34.5. The Morgan fingerprint density at radius 1 is 0.413 bits per heavy atom. The van der Waals surface area contributed by atoms with Gasteiger partial charge in [-0.2, -0.15) is 0 Å². The molecule has 0 radical (unpaired) electrons. The molecule has 11 heteroatoms. The molecule has 46 heavy (non-hydrogen) atoms. The molecule has 0 spiro atoms. The van der Waals surface area contributed by atoms with Gasteiger partial charge in [-0.3, -0.25) is 19.9 Å². The molecular weight excluding hydrogens is 666 g/mol. The van der Waals surface area contributed by atoms with Crippen molar-refractivity contribution < 1.29 is 30.1 Å². The van der Waals surface area contributed by atoms with Crippen molar-refractivity contribution in [3.63, 3.8) is 0 Å². The fourth-order valence-corrected chi connectivity index (χ4v) is 4.07. The monoisotopic (exact) mass is 696 g/mol. The van der Waals surface area contributed by atoms with Gasteiger partial charge in [0, 0.05) is 31.9 Å². The Morgan fingerprint density at radius 3 is 0.957 bits per heavy atom. The van der Waals surface area contributed by atoms with Gasteiger partial charge in [0.15, 0.2) is 0 Å². The Bertz CT molecular complexity index is 1700. The van der Waals surface area contributed by atoms with Crippen LogP contribution in [0.5, 0.6) is 0 Å². The van der Waals surface area contributed by atoms with Crippen LogP contribution in [0.25, 0.3) is 56.5 Å². The van der Waals surface area contributed by atoms with E-state index in [1.165, 1.54) is 0 Å². The summed E-state index contributed by atoms with van der Waals surface area (Å²) in [7, 11) is 1.00. The molecule has 3 N–H and O–H groups in total. The van der Waals surface area contributed by atoms with Crippen LogP contribution in [0.2, 0.25) is 0 Å². The third-order valence-electron chi connectivity index (χ3n) is 6.05. The number of aliphatic hydroxyl groups excluding tert-OH is 1. The molecule has 0 aliphatic rings. The van der Waals surface area contributed by atoms with Crippen LogP contribution in [-0.2, 0) is 19.5 Å². The summed E-state index contributed by atoms with van der Waals surface area (Å²) < 4.78 is 0. The molecule has 0 bridgehead atoms. The zero-order valence-corrected chi connectivity index (χ0v) is 26.5. The Balaban J connectivity index is 0.000000184. The molecule has 0 aliphatic heterocycles. The maximum Gasteiger partial charge on any atom is 2.00 e. The van der Waals surface area contributed by atoms with Crippen LogP contribution in [0.1, 0.15) is 0 Å². The quantitative estimate of drug-likeness (QED) is 0.238. The van der Waals surface area contributed by atoms with Crippen molar-refractivity contribution in [1.29, 1.82) is 0 Å². The van der Waals surface area contributed by atoms with E-state index in [2.05, 4.69) is 39.9 Å². The second-order valence-corrected chi connectivity index (χ2v) is 8.93. The van der Waals surface area contributed by atoms with E-state index >= 15 is 0 Å². The first kappa shape index (κ1) is 35.0. The number of aromatic nitrogens is 8. The molecule has 6 heterocycles. The number of hydrogen-bond acceptors (Lipinski definition) is 7. The van der Waals surface area contributed by atoms with Crippen LogP contribution in [0.4, 0.5) is 0 Å². The molecule has 2 aromatic carbocycles. The summed E-state index contributed by atoms with van der Waals surface area (Å²) >= 11 is 0. The number of hydrogen-bond donors (Lipinski definition) is 1. The van der Waals surface area contributed by atoms with Gasteiger partial charge in [0.2, 0.25) is 0 Å². The number of imidazole rings is 2. The molecule has 8 rings (SSSR count). The molecule has 0 saturated carbocycles.